The number of rotatable bonds is 50. The average Bonchev–Trinajstić information content (AvgIpc) is 3.28. The van der Waals surface area contributed by atoms with Crippen LogP contribution in [0.4, 0.5) is 0 Å². The first-order valence-electron chi connectivity index (χ1n) is 27.5. The molecule has 0 radical (unpaired) electrons. The fraction of sp³-hybridized carbons (Fsp3) is 0.842. The van der Waals surface area contributed by atoms with Crippen LogP contribution in [0.25, 0.3) is 0 Å². The summed E-state index contributed by atoms with van der Waals surface area (Å²) in [7, 11) is 0. The molecule has 0 bridgehead atoms. The SMILES string of the molecule is CC/C=C\C/C=C\C/C=C\CCCCCCCC(=O)OC(COC(=O)CCCCCCCCCC)COC(=O)CCCCCCCCCCCCCCCCCCCCCCCC. The lowest BCUT2D eigenvalue weighted by Gasteiger charge is -2.18. The van der Waals surface area contributed by atoms with Gasteiger partial charge < -0.3 is 14.2 Å². The standard InChI is InChI=1S/C57H104O6/c1-4-7-10-13-16-19-21-23-25-26-27-28-29-30-31-33-34-36-38-41-44-47-50-56(59)62-53-54(52-61-55(58)49-46-43-40-18-15-12-9-6-3)63-57(60)51-48-45-42-39-37-35-32-24-22-20-17-14-11-8-5-2/h8,11,17,20,24,32,54H,4-7,9-10,12-16,18-19,21-23,25-31,33-53H2,1-3H3/b11-8-,20-17-,32-24-. The number of allylic oxidation sites excluding steroid dienone is 6. The highest BCUT2D eigenvalue weighted by Crippen LogP contribution is 2.17. The summed E-state index contributed by atoms with van der Waals surface area (Å²) in [4.78, 5) is 37.9. The van der Waals surface area contributed by atoms with Gasteiger partial charge >= 0.3 is 17.9 Å². The van der Waals surface area contributed by atoms with Crippen LogP contribution in [0.15, 0.2) is 36.5 Å². The molecule has 0 aliphatic heterocycles. The van der Waals surface area contributed by atoms with E-state index in [0.29, 0.717) is 19.3 Å². The molecule has 0 saturated heterocycles. The molecule has 0 aromatic rings. The van der Waals surface area contributed by atoms with Crippen molar-refractivity contribution in [2.75, 3.05) is 13.2 Å². The van der Waals surface area contributed by atoms with E-state index in [1.54, 1.807) is 0 Å². The summed E-state index contributed by atoms with van der Waals surface area (Å²) < 4.78 is 16.8. The Balaban J connectivity index is 4.19. The van der Waals surface area contributed by atoms with Gasteiger partial charge in [-0.2, -0.15) is 0 Å². The lowest BCUT2D eigenvalue weighted by molar-refractivity contribution is -0.167. The Morgan fingerprint density at radius 1 is 0.333 bits per heavy atom. The van der Waals surface area contributed by atoms with Crippen LogP contribution in [-0.4, -0.2) is 37.2 Å². The van der Waals surface area contributed by atoms with Crippen molar-refractivity contribution in [2.45, 2.75) is 297 Å². The van der Waals surface area contributed by atoms with Crippen LogP contribution >= 0.6 is 0 Å². The molecule has 6 nitrogen and oxygen atoms in total. The second-order valence-electron chi connectivity index (χ2n) is 18.5. The normalized spacial score (nSPS) is 12.2. The van der Waals surface area contributed by atoms with Gasteiger partial charge in [0.2, 0.25) is 0 Å². The fourth-order valence-corrected chi connectivity index (χ4v) is 8.05. The monoisotopic (exact) mass is 885 g/mol. The summed E-state index contributed by atoms with van der Waals surface area (Å²) in [6.45, 7) is 6.52. The van der Waals surface area contributed by atoms with E-state index in [2.05, 4.69) is 57.2 Å². The second kappa shape index (κ2) is 52.3. The quantitative estimate of drug-likeness (QED) is 0.0262. The van der Waals surface area contributed by atoms with Gasteiger partial charge in [0.25, 0.3) is 0 Å². The molecule has 0 aliphatic rings. The van der Waals surface area contributed by atoms with Crippen LogP contribution in [0.5, 0.6) is 0 Å². The van der Waals surface area contributed by atoms with E-state index < -0.39 is 6.10 Å². The van der Waals surface area contributed by atoms with Crippen LogP contribution in [0.2, 0.25) is 0 Å². The van der Waals surface area contributed by atoms with Crippen LogP contribution in [0.3, 0.4) is 0 Å². The van der Waals surface area contributed by atoms with Crippen LogP contribution < -0.4 is 0 Å². The lowest BCUT2D eigenvalue weighted by Crippen LogP contribution is -2.30. The van der Waals surface area contributed by atoms with Gasteiger partial charge in [0.1, 0.15) is 13.2 Å². The molecule has 368 valence electrons. The molecule has 1 unspecified atom stereocenters. The third-order valence-corrected chi connectivity index (χ3v) is 12.2. The Bertz CT molecular complexity index is 1060. The van der Waals surface area contributed by atoms with E-state index in [9.17, 15) is 14.4 Å². The predicted molar refractivity (Wildman–Crippen MR) is 270 cm³/mol. The minimum absolute atomic E-state index is 0.0753. The first kappa shape index (κ1) is 60.6. The van der Waals surface area contributed by atoms with E-state index in [-0.39, 0.29) is 31.1 Å². The zero-order valence-corrected chi connectivity index (χ0v) is 42.1. The van der Waals surface area contributed by atoms with E-state index in [1.165, 1.54) is 154 Å². The van der Waals surface area contributed by atoms with Crippen molar-refractivity contribution < 1.29 is 28.6 Å². The van der Waals surface area contributed by atoms with Gasteiger partial charge in [-0.15, -0.1) is 0 Å². The van der Waals surface area contributed by atoms with Crippen molar-refractivity contribution in [2.24, 2.45) is 0 Å². The molecule has 63 heavy (non-hydrogen) atoms. The maximum atomic E-state index is 12.8. The zero-order chi connectivity index (χ0) is 45.8. The van der Waals surface area contributed by atoms with Crippen molar-refractivity contribution >= 4 is 17.9 Å². The molecule has 0 fully saturated rings. The highest BCUT2D eigenvalue weighted by atomic mass is 16.6. The smallest absolute Gasteiger partial charge is 0.306 e. The predicted octanol–water partition coefficient (Wildman–Crippen LogP) is 18.1. The summed E-state index contributed by atoms with van der Waals surface area (Å²) in [5, 5.41) is 0. The van der Waals surface area contributed by atoms with Crippen molar-refractivity contribution in [3.63, 3.8) is 0 Å². The second-order valence-corrected chi connectivity index (χ2v) is 18.5. The highest BCUT2D eigenvalue weighted by molar-refractivity contribution is 5.71. The van der Waals surface area contributed by atoms with Crippen molar-refractivity contribution in [3.8, 4) is 0 Å². The fourth-order valence-electron chi connectivity index (χ4n) is 8.05. The number of unbranched alkanes of at least 4 members (excludes halogenated alkanes) is 33. The Morgan fingerprint density at radius 2 is 0.619 bits per heavy atom. The van der Waals surface area contributed by atoms with Gasteiger partial charge in [-0.05, 0) is 51.4 Å². The number of hydrogen-bond acceptors (Lipinski definition) is 6. The molecule has 1 atom stereocenters. The van der Waals surface area contributed by atoms with Gasteiger partial charge in [0, 0.05) is 19.3 Å². The molecule has 0 N–H and O–H groups in total. The maximum Gasteiger partial charge on any atom is 0.306 e. The number of carbonyl (C=O) groups excluding carboxylic acids is 3. The first-order valence-corrected chi connectivity index (χ1v) is 27.5. The van der Waals surface area contributed by atoms with Crippen molar-refractivity contribution in [3.05, 3.63) is 36.5 Å². The molecule has 6 heteroatoms. The van der Waals surface area contributed by atoms with E-state index in [0.717, 1.165) is 96.3 Å². The molecular formula is C57H104O6. The summed E-state index contributed by atoms with van der Waals surface area (Å²) in [5.41, 5.74) is 0. The Morgan fingerprint density at radius 3 is 0.968 bits per heavy atom. The third kappa shape index (κ3) is 50.5. The van der Waals surface area contributed by atoms with Crippen LogP contribution in [-0.2, 0) is 28.6 Å². The minimum Gasteiger partial charge on any atom is -0.462 e. The number of esters is 3. The molecule has 0 aliphatic carbocycles. The Kier molecular flexibility index (Phi) is 50.3. The first-order chi connectivity index (χ1) is 31.0. The van der Waals surface area contributed by atoms with E-state index in [4.69, 9.17) is 14.2 Å². The summed E-state index contributed by atoms with van der Waals surface area (Å²) in [6, 6.07) is 0. The van der Waals surface area contributed by atoms with Gasteiger partial charge in [0.15, 0.2) is 6.10 Å². The minimum atomic E-state index is -0.775. The number of ether oxygens (including phenoxy) is 3. The lowest BCUT2D eigenvalue weighted by atomic mass is 10.0. The van der Waals surface area contributed by atoms with E-state index in [1.807, 2.05) is 0 Å². The molecule has 0 rings (SSSR count). The van der Waals surface area contributed by atoms with Crippen LogP contribution in [0.1, 0.15) is 290 Å². The molecule has 0 spiro atoms. The molecule has 0 aromatic heterocycles. The number of carbonyl (C=O) groups is 3. The Hall–Kier alpha value is -2.37. The highest BCUT2D eigenvalue weighted by Gasteiger charge is 2.19. The maximum absolute atomic E-state index is 12.8. The average molecular weight is 885 g/mol. The van der Waals surface area contributed by atoms with Gasteiger partial charge in [0.05, 0.1) is 0 Å². The number of hydrogen-bond donors (Lipinski definition) is 0. The zero-order valence-electron chi connectivity index (χ0n) is 42.1. The summed E-state index contributed by atoms with van der Waals surface area (Å²) >= 11 is 0. The molecule has 0 aromatic carbocycles. The molecule has 0 heterocycles. The van der Waals surface area contributed by atoms with Crippen molar-refractivity contribution in [1.82, 2.24) is 0 Å². The van der Waals surface area contributed by atoms with Gasteiger partial charge in [-0.3, -0.25) is 14.4 Å². The summed E-state index contributed by atoms with van der Waals surface area (Å²) in [5.74, 6) is -0.883. The third-order valence-electron chi connectivity index (χ3n) is 12.2. The van der Waals surface area contributed by atoms with Crippen LogP contribution in [0, 0.1) is 0 Å². The van der Waals surface area contributed by atoms with Gasteiger partial charge in [-0.25, -0.2) is 0 Å². The van der Waals surface area contributed by atoms with E-state index >= 15 is 0 Å². The molecular weight excluding hydrogens is 781 g/mol. The topological polar surface area (TPSA) is 78.9 Å². The summed E-state index contributed by atoms with van der Waals surface area (Å²) in [6.07, 6.45) is 61.5. The van der Waals surface area contributed by atoms with Gasteiger partial charge in [-0.1, -0.05) is 256 Å². The van der Waals surface area contributed by atoms with Crippen molar-refractivity contribution in [1.29, 1.82) is 0 Å². The molecule has 0 saturated carbocycles. The molecule has 0 amide bonds. The largest absolute Gasteiger partial charge is 0.462 e. The Labute approximate surface area is 391 Å².